The van der Waals surface area contributed by atoms with Crippen molar-refractivity contribution in [1.82, 2.24) is 4.90 Å². The van der Waals surface area contributed by atoms with Crippen LogP contribution in [0, 0.1) is 0 Å². The van der Waals surface area contributed by atoms with Crippen LogP contribution in [0.4, 0.5) is 11.4 Å². The minimum Gasteiger partial charge on any atom is -0.399 e. The highest BCUT2D eigenvalue weighted by molar-refractivity contribution is 5.54. The average Bonchev–Trinajstić information content (AvgIpc) is 1.81. The summed E-state index contributed by atoms with van der Waals surface area (Å²) in [5.74, 6) is 0. The summed E-state index contributed by atoms with van der Waals surface area (Å²) in [5, 5.41) is 0. The van der Waals surface area contributed by atoms with E-state index in [1.54, 1.807) is 6.07 Å². The van der Waals surface area contributed by atoms with Crippen LogP contribution >= 0.6 is 0 Å². The van der Waals surface area contributed by atoms with E-state index in [1.807, 2.05) is 26.2 Å². The van der Waals surface area contributed by atoms with Gasteiger partial charge in [0.1, 0.15) is 0 Å². The van der Waals surface area contributed by atoms with Gasteiger partial charge in [-0.1, -0.05) is 0 Å². The summed E-state index contributed by atoms with van der Waals surface area (Å²) in [6.07, 6.45) is 0. The van der Waals surface area contributed by atoms with Crippen LogP contribution in [-0.2, 0) is 6.54 Å². The molecule has 12 heavy (non-hydrogen) atoms. The van der Waals surface area contributed by atoms with E-state index >= 15 is 0 Å². The van der Waals surface area contributed by atoms with Crippen molar-refractivity contribution in [2.75, 3.05) is 25.6 Å². The number of hydrogen-bond acceptors (Lipinski definition) is 3. The number of benzene rings is 1. The highest BCUT2D eigenvalue weighted by atomic mass is 15.0. The van der Waals surface area contributed by atoms with E-state index in [0.717, 1.165) is 23.5 Å². The lowest BCUT2D eigenvalue weighted by molar-refractivity contribution is 0.402. The maximum Gasteiger partial charge on any atom is 0.0337 e. The zero-order valence-electron chi connectivity index (χ0n) is 7.54. The highest BCUT2D eigenvalue weighted by Crippen LogP contribution is 2.14. The van der Waals surface area contributed by atoms with Crippen LogP contribution in [0.15, 0.2) is 18.2 Å². The third-order valence-electron chi connectivity index (χ3n) is 1.54. The molecule has 1 rings (SSSR count). The van der Waals surface area contributed by atoms with E-state index in [0.29, 0.717) is 0 Å². The molecule has 0 saturated heterocycles. The summed E-state index contributed by atoms with van der Waals surface area (Å²) < 4.78 is 0. The Morgan fingerprint density at radius 2 is 1.58 bits per heavy atom. The smallest absolute Gasteiger partial charge is 0.0337 e. The van der Waals surface area contributed by atoms with E-state index in [1.165, 1.54) is 0 Å². The molecule has 1 aromatic rings. The molecule has 0 unspecified atom stereocenters. The molecule has 1 aromatic carbocycles. The van der Waals surface area contributed by atoms with Gasteiger partial charge in [0.15, 0.2) is 0 Å². The maximum absolute atomic E-state index is 5.64. The molecular formula is C9H15N3. The predicted molar refractivity (Wildman–Crippen MR) is 52.7 cm³/mol. The molecule has 0 heterocycles. The first kappa shape index (κ1) is 8.87. The number of anilines is 2. The van der Waals surface area contributed by atoms with Gasteiger partial charge >= 0.3 is 0 Å². The maximum atomic E-state index is 5.64. The van der Waals surface area contributed by atoms with E-state index in [9.17, 15) is 0 Å². The van der Waals surface area contributed by atoms with Crippen LogP contribution in [-0.4, -0.2) is 19.0 Å². The van der Waals surface area contributed by atoms with Crippen molar-refractivity contribution in [1.29, 1.82) is 0 Å². The van der Waals surface area contributed by atoms with Gasteiger partial charge in [-0.25, -0.2) is 0 Å². The Hall–Kier alpha value is -1.22. The van der Waals surface area contributed by atoms with E-state index in [4.69, 9.17) is 11.5 Å². The number of nitrogens with two attached hydrogens (primary N) is 2. The van der Waals surface area contributed by atoms with Gasteiger partial charge in [-0.2, -0.15) is 0 Å². The molecule has 0 aliphatic rings. The lowest BCUT2D eigenvalue weighted by atomic mass is 10.1. The number of rotatable bonds is 2. The number of nitrogen functional groups attached to an aromatic ring is 2. The SMILES string of the molecule is CN(C)Cc1cc(N)cc(N)c1. The van der Waals surface area contributed by atoms with Gasteiger partial charge in [0.2, 0.25) is 0 Å². The molecule has 66 valence electrons. The van der Waals surface area contributed by atoms with Crippen LogP contribution in [0.1, 0.15) is 5.56 Å². The van der Waals surface area contributed by atoms with Gasteiger partial charge in [0, 0.05) is 17.9 Å². The first-order valence-electron chi connectivity index (χ1n) is 3.87. The van der Waals surface area contributed by atoms with E-state index in [-0.39, 0.29) is 0 Å². The highest BCUT2D eigenvalue weighted by Gasteiger charge is 1.97. The zero-order chi connectivity index (χ0) is 9.14. The summed E-state index contributed by atoms with van der Waals surface area (Å²) in [4.78, 5) is 2.08. The Morgan fingerprint density at radius 1 is 1.08 bits per heavy atom. The second kappa shape index (κ2) is 3.45. The first-order chi connectivity index (χ1) is 5.58. The molecule has 3 nitrogen and oxygen atoms in total. The molecule has 0 fully saturated rings. The minimum absolute atomic E-state index is 0.729. The Morgan fingerprint density at radius 3 is 2.00 bits per heavy atom. The quantitative estimate of drug-likeness (QED) is 0.640. The molecule has 0 aliphatic heterocycles. The molecule has 0 bridgehead atoms. The van der Waals surface area contributed by atoms with Crippen molar-refractivity contribution >= 4 is 11.4 Å². The van der Waals surface area contributed by atoms with Crippen molar-refractivity contribution in [3.63, 3.8) is 0 Å². The summed E-state index contributed by atoms with van der Waals surface area (Å²) in [7, 11) is 4.03. The lowest BCUT2D eigenvalue weighted by Gasteiger charge is -2.10. The fourth-order valence-corrected chi connectivity index (χ4v) is 1.20. The van der Waals surface area contributed by atoms with Crippen LogP contribution in [0.3, 0.4) is 0 Å². The second-order valence-electron chi connectivity index (χ2n) is 3.25. The molecular weight excluding hydrogens is 150 g/mol. The molecule has 0 aliphatic carbocycles. The molecule has 0 atom stereocenters. The monoisotopic (exact) mass is 165 g/mol. The lowest BCUT2D eigenvalue weighted by Crippen LogP contribution is -2.11. The Bertz CT molecular complexity index is 248. The van der Waals surface area contributed by atoms with Gasteiger partial charge in [-0.05, 0) is 37.9 Å². The molecule has 0 aromatic heterocycles. The Labute approximate surface area is 73.0 Å². The largest absolute Gasteiger partial charge is 0.399 e. The zero-order valence-corrected chi connectivity index (χ0v) is 7.54. The third kappa shape index (κ3) is 2.43. The van der Waals surface area contributed by atoms with Gasteiger partial charge in [0.05, 0.1) is 0 Å². The van der Waals surface area contributed by atoms with Gasteiger partial charge in [0.25, 0.3) is 0 Å². The summed E-state index contributed by atoms with van der Waals surface area (Å²) in [6, 6.07) is 5.64. The molecule has 0 amide bonds. The topological polar surface area (TPSA) is 55.3 Å². The number of nitrogens with zero attached hydrogens (tertiary/aromatic N) is 1. The molecule has 0 saturated carbocycles. The minimum atomic E-state index is 0.729. The Kier molecular flexibility index (Phi) is 2.55. The third-order valence-corrected chi connectivity index (χ3v) is 1.54. The summed E-state index contributed by atoms with van der Waals surface area (Å²) >= 11 is 0. The molecule has 3 heteroatoms. The van der Waals surface area contributed by atoms with Crippen LogP contribution in [0.2, 0.25) is 0 Å². The standard InChI is InChI=1S/C9H15N3/c1-12(2)6-7-3-8(10)5-9(11)4-7/h3-5H,6,10-11H2,1-2H3. The summed E-state index contributed by atoms with van der Waals surface area (Å²) in [6.45, 7) is 0.870. The molecule has 4 N–H and O–H groups in total. The van der Waals surface area contributed by atoms with E-state index in [2.05, 4.69) is 4.90 Å². The number of hydrogen-bond donors (Lipinski definition) is 2. The van der Waals surface area contributed by atoms with Crippen LogP contribution < -0.4 is 11.5 Å². The van der Waals surface area contributed by atoms with Gasteiger partial charge in [-0.15, -0.1) is 0 Å². The Balaban J connectivity index is 2.85. The average molecular weight is 165 g/mol. The fourth-order valence-electron chi connectivity index (χ4n) is 1.20. The first-order valence-corrected chi connectivity index (χ1v) is 3.87. The van der Waals surface area contributed by atoms with Gasteiger partial charge < -0.3 is 16.4 Å². The summed E-state index contributed by atoms with van der Waals surface area (Å²) in [5.41, 5.74) is 13.9. The van der Waals surface area contributed by atoms with Crippen molar-refractivity contribution < 1.29 is 0 Å². The van der Waals surface area contributed by atoms with Crippen molar-refractivity contribution in [3.8, 4) is 0 Å². The molecule has 0 radical (unpaired) electrons. The van der Waals surface area contributed by atoms with E-state index < -0.39 is 0 Å². The normalized spacial score (nSPS) is 10.6. The van der Waals surface area contributed by atoms with Gasteiger partial charge in [-0.3, -0.25) is 0 Å². The fraction of sp³-hybridized carbons (Fsp3) is 0.333. The molecule has 0 spiro atoms. The van der Waals surface area contributed by atoms with Crippen molar-refractivity contribution in [2.45, 2.75) is 6.54 Å². The van der Waals surface area contributed by atoms with Crippen molar-refractivity contribution in [2.24, 2.45) is 0 Å². The van der Waals surface area contributed by atoms with Crippen LogP contribution in [0.5, 0.6) is 0 Å². The van der Waals surface area contributed by atoms with Crippen molar-refractivity contribution in [3.05, 3.63) is 23.8 Å². The van der Waals surface area contributed by atoms with Crippen LogP contribution in [0.25, 0.3) is 0 Å². The predicted octanol–water partition coefficient (Wildman–Crippen LogP) is 0.913. The second-order valence-corrected chi connectivity index (χ2v) is 3.25.